The standard InChI is InChI=1S/C15H19ClN2O3/c16-13-4-2-1-3-12(13)5-6-14(20)17-7-9-18(10-8-17)15(21)11-19/h1-4,19H,5-11H2. The first-order valence-electron chi connectivity index (χ1n) is 7.01. The molecule has 0 bridgehead atoms. The highest BCUT2D eigenvalue weighted by Gasteiger charge is 2.23. The predicted octanol–water partition coefficient (Wildman–Crippen LogP) is 0.936. The largest absolute Gasteiger partial charge is 0.387 e. The second kappa shape index (κ2) is 7.43. The van der Waals surface area contributed by atoms with Gasteiger partial charge in [-0.1, -0.05) is 29.8 Å². The van der Waals surface area contributed by atoms with E-state index in [1.807, 2.05) is 24.3 Å². The number of aliphatic hydroxyl groups excluding tert-OH is 1. The monoisotopic (exact) mass is 310 g/mol. The van der Waals surface area contributed by atoms with E-state index < -0.39 is 6.61 Å². The number of rotatable bonds is 4. The van der Waals surface area contributed by atoms with Gasteiger partial charge in [-0.05, 0) is 18.1 Å². The van der Waals surface area contributed by atoms with Crippen molar-refractivity contribution >= 4 is 23.4 Å². The molecule has 1 saturated heterocycles. The summed E-state index contributed by atoms with van der Waals surface area (Å²) in [5.41, 5.74) is 0.974. The Kier molecular flexibility index (Phi) is 5.59. The third-order valence-corrected chi connectivity index (χ3v) is 4.06. The molecule has 6 heteroatoms. The van der Waals surface area contributed by atoms with Gasteiger partial charge in [-0.25, -0.2) is 0 Å². The van der Waals surface area contributed by atoms with Crippen molar-refractivity contribution in [2.45, 2.75) is 12.8 Å². The third-order valence-electron chi connectivity index (χ3n) is 3.69. The van der Waals surface area contributed by atoms with Gasteiger partial charge < -0.3 is 14.9 Å². The molecule has 0 saturated carbocycles. The quantitative estimate of drug-likeness (QED) is 0.900. The van der Waals surface area contributed by atoms with E-state index in [9.17, 15) is 9.59 Å². The van der Waals surface area contributed by atoms with Crippen LogP contribution in [0.4, 0.5) is 0 Å². The summed E-state index contributed by atoms with van der Waals surface area (Å²) in [5.74, 6) is -0.204. The highest BCUT2D eigenvalue weighted by Crippen LogP contribution is 2.17. The maximum Gasteiger partial charge on any atom is 0.248 e. The van der Waals surface area contributed by atoms with Gasteiger partial charge in [0.2, 0.25) is 11.8 Å². The molecule has 1 aromatic carbocycles. The number of carbonyl (C=O) groups excluding carboxylic acids is 2. The number of piperazine rings is 1. The summed E-state index contributed by atoms with van der Waals surface area (Å²) in [7, 11) is 0. The molecular formula is C15H19ClN2O3. The molecule has 1 aliphatic rings. The zero-order valence-electron chi connectivity index (χ0n) is 11.8. The Morgan fingerprint density at radius 3 is 2.19 bits per heavy atom. The fraction of sp³-hybridized carbons (Fsp3) is 0.467. The number of amides is 2. The summed E-state index contributed by atoms with van der Waals surface area (Å²) in [5, 5.41) is 9.50. The van der Waals surface area contributed by atoms with Gasteiger partial charge in [0.05, 0.1) is 0 Å². The summed E-state index contributed by atoms with van der Waals surface area (Å²) in [4.78, 5) is 26.9. The van der Waals surface area contributed by atoms with E-state index in [1.165, 1.54) is 0 Å². The van der Waals surface area contributed by atoms with Crippen molar-refractivity contribution in [3.05, 3.63) is 34.9 Å². The lowest BCUT2D eigenvalue weighted by molar-refractivity contribution is -0.141. The van der Waals surface area contributed by atoms with Gasteiger partial charge in [0.25, 0.3) is 0 Å². The van der Waals surface area contributed by atoms with Crippen LogP contribution in [0.25, 0.3) is 0 Å². The van der Waals surface area contributed by atoms with Gasteiger partial charge in [0.15, 0.2) is 0 Å². The second-order valence-electron chi connectivity index (χ2n) is 5.01. The predicted molar refractivity (Wildman–Crippen MR) is 80.0 cm³/mol. The summed E-state index contributed by atoms with van der Waals surface area (Å²) in [6.07, 6.45) is 1.03. The molecule has 5 nitrogen and oxygen atoms in total. The Balaban J connectivity index is 1.80. The highest BCUT2D eigenvalue weighted by atomic mass is 35.5. The molecule has 2 amide bonds. The lowest BCUT2D eigenvalue weighted by Crippen LogP contribution is -2.51. The Morgan fingerprint density at radius 1 is 1.05 bits per heavy atom. The number of aryl methyl sites for hydroxylation is 1. The zero-order chi connectivity index (χ0) is 15.2. The van der Waals surface area contributed by atoms with Crippen molar-refractivity contribution < 1.29 is 14.7 Å². The van der Waals surface area contributed by atoms with Crippen molar-refractivity contribution in [3.8, 4) is 0 Å². The number of carbonyl (C=O) groups is 2. The molecule has 1 fully saturated rings. The summed E-state index contributed by atoms with van der Waals surface area (Å²) >= 11 is 6.07. The summed E-state index contributed by atoms with van der Waals surface area (Å²) in [6, 6.07) is 7.52. The number of aliphatic hydroxyl groups is 1. The molecule has 1 heterocycles. The minimum Gasteiger partial charge on any atom is -0.387 e. The molecule has 114 valence electrons. The van der Waals surface area contributed by atoms with Gasteiger partial charge in [0, 0.05) is 37.6 Å². The third kappa shape index (κ3) is 4.19. The molecule has 1 aliphatic heterocycles. The van der Waals surface area contributed by atoms with E-state index in [4.69, 9.17) is 16.7 Å². The van der Waals surface area contributed by atoms with Crippen LogP contribution in [0.15, 0.2) is 24.3 Å². The number of benzene rings is 1. The molecule has 0 unspecified atom stereocenters. The molecule has 2 rings (SSSR count). The van der Waals surface area contributed by atoms with Crippen LogP contribution in [0.2, 0.25) is 5.02 Å². The Morgan fingerprint density at radius 2 is 1.62 bits per heavy atom. The number of hydrogen-bond donors (Lipinski definition) is 1. The maximum absolute atomic E-state index is 12.2. The lowest BCUT2D eigenvalue weighted by Gasteiger charge is -2.34. The van der Waals surface area contributed by atoms with Crippen LogP contribution in [-0.4, -0.2) is 59.5 Å². The van der Waals surface area contributed by atoms with E-state index in [0.29, 0.717) is 44.0 Å². The van der Waals surface area contributed by atoms with E-state index in [1.54, 1.807) is 9.80 Å². The van der Waals surface area contributed by atoms with Crippen molar-refractivity contribution in [1.82, 2.24) is 9.80 Å². The van der Waals surface area contributed by atoms with Crippen molar-refractivity contribution in [3.63, 3.8) is 0 Å². The number of halogens is 1. The second-order valence-corrected chi connectivity index (χ2v) is 5.42. The Hall–Kier alpha value is -1.59. The number of hydrogen-bond acceptors (Lipinski definition) is 3. The van der Waals surface area contributed by atoms with Gasteiger partial charge in [0.1, 0.15) is 6.61 Å². The van der Waals surface area contributed by atoms with Crippen molar-refractivity contribution in [2.75, 3.05) is 32.8 Å². The van der Waals surface area contributed by atoms with Crippen LogP contribution in [0.3, 0.4) is 0 Å². The van der Waals surface area contributed by atoms with Crippen LogP contribution >= 0.6 is 11.6 Å². The molecule has 0 aliphatic carbocycles. The van der Waals surface area contributed by atoms with E-state index >= 15 is 0 Å². The zero-order valence-corrected chi connectivity index (χ0v) is 12.6. The SMILES string of the molecule is O=C(CO)N1CCN(C(=O)CCc2ccccc2Cl)CC1. The van der Waals surface area contributed by atoms with Crippen molar-refractivity contribution in [1.29, 1.82) is 0 Å². The van der Waals surface area contributed by atoms with Gasteiger partial charge in [-0.3, -0.25) is 9.59 Å². The maximum atomic E-state index is 12.2. The molecule has 1 aromatic rings. The molecule has 0 atom stereocenters. The molecular weight excluding hydrogens is 292 g/mol. The fourth-order valence-electron chi connectivity index (χ4n) is 2.41. The van der Waals surface area contributed by atoms with Gasteiger partial charge in [-0.15, -0.1) is 0 Å². The minimum atomic E-state index is -0.472. The van der Waals surface area contributed by atoms with Crippen LogP contribution in [0.5, 0.6) is 0 Å². The first-order chi connectivity index (χ1) is 10.1. The normalized spacial score (nSPS) is 15.1. The van der Waals surface area contributed by atoms with Crippen LogP contribution in [-0.2, 0) is 16.0 Å². The first-order valence-corrected chi connectivity index (χ1v) is 7.39. The Labute approximate surface area is 129 Å². The fourth-order valence-corrected chi connectivity index (χ4v) is 2.64. The first kappa shape index (κ1) is 15.8. The smallest absolute Gasteiger partial charge is 0.248 e. The summed E-state index contributed by atoms with van der Waals surface area (Å²) in [6.45, 7) is 1.54. The lowest BCUT2D eigenvalue weighted by atomic mass is 10.1. The van der Waals surface area contributed by atoms with Gasteiger partial charge >= 0.3 is 0 Å². The van der Waals surface area contributed by atoms with Crippen LogP contribution < -0.4 is 0 Å². The van der Waals surface area contributed by atoms with Crippen molar-refractivity contribution in [2.24, 2.45) is 0 Å². The Bertz CT molecular complexity index is 513. The van der Waals surface area contributed by atoms with Crippen LogP contribution in [0.1, 0.15) is 12.0 Å². The average Bonchev–Trinajstić information content (AvgIpc) is 2.53. The highest BCUT2D eigenvalue weighted by molar-refractivity contribution is 6.31. The van der Waals surface area contributed by atoms with E-state index in [0.717, 1.165) is 5.56 Å². The minimum absolute atomic E-state index is 0.0750. The number of nitrogens with zero attached hydrogens (tertiary/aromatic N) is 2. The van der Waals surface area contributed by atoms with Gasteiger partial charge in [-0.2, -0.15) is 0 Å². The van der Waals surface area contributed by atoms with Crippen LogP contribution in [0, 0.1) is 0 Å². The van der Waals surface area contributed by atoms with E-state index in [2.05, 4.69) is 0 Å². The molecule has 0 radical (unpaired) electrons. The average molecular weight is 311 g/mol. The van der Waals surface area contributed by atoms with E-state index in [-0.39, 0.29) is 11.8 Å². The summed E-state index contributed by atoms with van der Waals surface area (Å²) < 4.78 is 0. The molecule has 1 N–H and O–H groups in total. The molecule has 21 heavy (non-hydrogen) atoms. The molecule has 0 spiro atoms. The topological polar surface area (TPSA) is 60.9 Å². The molecule has 0 aromatic heterocycles.